The second kappa shape index (κ2) is 6.99. The summed E-state index contributed by atoms with van der Waals surface area (Å²) in [4.78, 5) is 18.6. The Kier molecular flexibility index (Phi) is 4.50. The van der Waals surface area contributed by atoms with Crippen LogP contribution in [-0.4, -0.2) is 16.9 Å². The molecule has 1 aromatic heterocycles. The summed E-state index contributed by atoms with van der Waals surface area (Å²) in [7, 11) is 0. The van der Waals surface area contributed by atoms with Gasteiger partial charge in [-0.3, -0.25) is 9.78 Å². The zero-order valence-electron chi connectivity index (χ0n) is 14.9. The highest BCUT2D eigenvalue weighted by Gasteiger charge is 2.27. The van der Waals surface area contributed by atoms with Gasteiger partial charge in [-0.2, -0.15) is 0 Å². The van der Waals surface area contributed by atoms with E-state index >= 15 is 0 Å². The van der Waals surface area contributed by atoms with Crippen LogP contribution >= 0.6 is 0 Å². The lowest BCUT2D eigenvalue weighted by molar-refractivity contribution is 0.102. The maximum atomic E-state index is 13.8. The number of benzene rings is 2. The largest absolute Gasteiger partial charge is 0.338 e. The summed E-state index contributed by atoms with van der Waals surface area (Å²) in [6.45, 7) is 2.08. The Labute approximate surface area is 159 Å². The molecule has 4 nitrogen and oxygen atoms in total. The van der Waals surface area contributed by atoms with Crippen molar-refractivity contribution < 1.29 is 18.0 Å². The molecule has 1 amide bonds. The van der Waals surface area contributed by atoms with Crippen molar-refractivity contribution in [1.29, 1.82) is 0 Å². The van der Waals surface area contributed by atoms with E-state index in [1.54, 1.807) is 12.1 Å². The SMILES string of the molecule is CC1Cc2ccccc2N1c1ccnc(C(=O)Nc2ccc(F)c(F)c2F)c1. The minimum atomic E-state index is -1.64. The van der Waals surface area contributed by atoms with Gasteiger partial charge in [0.1, 0.15) is 5.69 Å². The number of rotatable bonds is 3. The highest BCUT2D eigenvalue weighted by Crippen LogP contribution is 2.38. The molecular weight excluding hydrogens is 367 g/mol. The molecule has 2 heterocycles. The summed E-state index contributed by atoms with van der Waals surface area (Å²) in [5.74, 6) is -5.13. The van der Waals surface area contributed by atoms with Crippen LogP contribution in [0.15, 0.2) is 54.7 Å². The Hall–Kier alpha value is -3.35. The zero-order valence-corrected chi connectivity index (χ0v) is 14.9. The molecule has 1 aliphatic rings. The number of amides is 1. The average Bonchev–Trinajstić information content (AvgIpc) is 3.04. The summed E-state index contributed by atoms with van der Waals surface area (Å²) in [5, 5.41) is 2.24. The summed E-state index contributed by atoms with van der Waals surface area (Å²) >= 11 is 0. The number of pyridine rings is 1. The van der Waals surface area contributed by atoms with Crippen LogP contribution in [0.1, 0.15) is 23.0 Å². The number of aromatic nitrogens is 1. The molecular formula is C21H16F3N3O. The van der Waals surface area contributed by atoms with Crippen molar-refractivity contribution in [3.05, 3.63) is 83.4 Å². The van der Waals surface area contributed by atoms with Gasteiger partial charge in [-0.05, 0) is 49.2 Å². The predicted octanol–water partition coefficient (Wildman–Crippen LogP) is 4.83. The Morgan fingerprint density at radius 3 is 2.71 bits per heavy atom. The van der Waals surface area contributed by atoms with Crippen molar-refractivity contribution in [2.75, 3.05) is 10.2 Å². The molecule has 0 radical (unpaired) electrons. The molecule has 4 rings (SSSR count). The van der Waals surface area contributed by atoms with Crippen LogP contribution in [0.3, 0.4) is 0 Å². The first-order valence-electron chi connectivity index (χ1n) is 8.73. The summed E-state index contributed by atoms with van der Waals surface area (Å²) in [5.41, 5.74) is 2.62. The number of anilines is 3. The second-order valence-electron chi connectivity index (χ2n) is 6.63. The highest BCUT2D eigenvalue weighted by atomic mass is 19.2. The first-order chi connectivity index (χ1) is 13.5. The number of hydrogen-bond donors (Lipinski definition) is 1. The van der Waals surface area contributed by atoms with Gasteiger partial charge in [-0.1, -0.05) is 18.2 Å². The first kappa shape index (κ1) is 18.0. The van der Waals surface area contributed by atoms with Gasteiger partial charge >= 0.3 is 0 Å². The number of nitrogens with one attached hydrogen (secondary N) is 1. The molecule has 1 unspecified atom stereocenters. The molecule has 0 spiro atoms. The van der Waals surface area contributed by atoms with Gasteiger partial charge in [0.2, 0.25) is 0 Å². The van der Waals surface area contributed by atoms with Crippen LogP contribution in [0, 0.1) is 17.5 Å². The van der Waals surface area contributed by atoms with E-state index in [1.165, 1.54) is 11.8 Å². The van der Waals surface area contributed by atoms with E-state index in [0.717, 1.165) is 29.9 Å². The number of carbonyl (C=O) groups excluding carboxylic acids is 1. The number of carbonyl (C=O) groups is 1. The summed E-state index contributed by atoms with van der Waals surface area (Å²) in [6.07, 6.45) is 2.36. The molecule has 142 valence electrons. The van der Waals surface area contributed by atoms with Gasteiger partial charge in [0.05, 0.1) is 5.69 Å². The van der Waals surface area contributed by atoms with E-state index in [1.807, 2.05) is 18.2 Å². The molecule has 3 aromatic rings. The molecule has 0 fully saturated rings. The van der Waals surface area contributed by atoms with E-state index in [-0.39, 0.29) is 11.7 Å². The van der Waals surface area contributed by atoms with Crippen molar-refractivity contribution in [3.63, 3.8) is 0 Å². The van der Waals surface area contributed by atoms with Gasteiger partial charge in [-0.25, -0.2) is 13.2 Å². The lowest BCUT2D eigenvalue weighted by Crippen LogP contribution is -2.24. The number of halogens is 3. The number of nitrogens with zero attached hydrogens (tertiary/aromatic N) is 2. The molecule has 1 N–H and O–H groups in total. The third kappa shape index (κ3) is 3.09. The average molecular weight is 383 g/mol. The normalized spacial score (nSPS) is 15.4. The van der Waals surface area contributed by atoms with E-state index in [0.29, 0.717) is 0 Å². The number of hydrogen-bond acceptors (Lipinski definition) is 3. The van der Waals surface area contributed by atoms with Gasteiger partial charge in [0.25, 0.3) is 5.91 Å². The standard InChI is InChI=1S/C21H16F3N3O/c1-12-10-13-4-2-3-5-18(13)27(12)14-8-9-25-17(11-14)21(28)26-16-7-6-15(22)19(23)20(16)24/h2-9,11-12H,10H2,1H3,(H,26,28). The van der Waals surface area contributed by atoms with E-state index in [2.05, 4.69) is 28.2 Å². The maximum absolute atomic E-state index is 13.8. The minimum absolute atomic E-state index is 0.0400. The van der Waals surface area contributed by atoms with Gasteiger partial charge in [-0.15, -0.1) is 0 Å². The summed E-state index contributed by atoms with van der Waals surface area (Å²) < 4.78 is 40.3. The maximum Gasteiger partial charge on any atom is 0.274 e. The third-order valence-electron chi connectivity index (χ3n) is 4.74. The number of para-hydroxylation sites is 1. The molecule has 0 bridgehead atoms. The fourth-order valence-corrected chi connectivity index (χ4v) is 3.46. The lowest BCUT2D eigenvalue weighted by Gasteiger charge is -2.25. The Balaban J connectivity index is 1.63. The van der Waals surface area contributed by atoms with Gasteiger partial charge < -0.3 is 10.2 Å². The van der Waals surface area contributed by atoms with Crippen LogP contribution in [-0.2, 0) is 6.42 Å². The second-order valence-corrected chi connectivity index (χ2v) is 6.63. The summed E-state index contributed by atoms with van der Waals surface area (Å²) in [6, 6.07) is 13.3. The van der Waals surface area contributed by atoms with Crippen molar-refractivity contribution in [2.45, 2.75) is 19.4 Å². The van der Waals surface area contributed by atoms with Crippen molar-refractivity contribution in [1.82, 2.24) is 4.98 Å². The Morgan fingerprint density at radius 2 is 1.89 bits per heavy atom. The zero-order chi connectivity index (χ0) is 19.8. The molecule has 1 aliphatic heterocycles. The van der Waals surface area contributed by atoms with Crippen LogP contribution in [0.4, 0.5) is 30.2 Å². The van der Waals surface area contributed by atoms with Gasteiger partial charge in [0, 0.05) is 23.6 Å². The molecule has 0 saturated heterocycles. The smallest absolute Gasteiger partial charge is 0.274 e. The van der Waals surface area contributed by atoms with Crippen LogP contribution in [0.2, 0.25) is 0 Å². The fraction of sp³-hybridized carbons (Fsp3) is 0.143. The van der Waals surface area contributed by atoms with Gasteiger partial charge in [0.15, 0.2) is 17.5 Å². The van der Waals surface area contributed by atoms with Crippen molar-refractivity contribution in [3.8, 4) is 0 Å². The van der Waals surface area contributed by atoms with Crippen LogP contribution in [0.5, 0.6) is 0 Å². The molecule has 0 aliphatic carbocycles. The number of fused-ring (bicyclic) bond motifs is 1. The monoisotopic (exact) mass is 383 g/mol. The van der Waals surface area contributed by atoms with E-state index < -0.39 is 29.0 Å². The first-order valence-corrected chi connectivity index (χ1v) is 8.73. The quantitative estimate of drug-likeness (QED) is 0.659. The molecule has 2 aromatic carbocycles. The van der Waals surface area contributed by atoms with Crippen LogP contribution < -0.4 is 10.2 Å². The van der Waals surface area contributed by atoms with Crippen molar-refractivity contribution in [2.24, 2.45) is 0 Å². The van der Waals surface area contributed by atoms with E-state index in [4.69, 9.17) is 0 Å². The van der Waals surface area contributed by atoms with Crippen molar-refractivity contribution >= 4 is 23.0 Å². The third-order valence-corrected chi connectivity index (χ3v) is 4.74. The topological polar surface area (TPSA) is 45.2 Å². The fourth-order valence-electron chi connectivity index (χ4n) is 3.46. The Bertz CT molecular complexity index is 1070. The van der Waals surface area contributed by atoms with E-state index in [9.17, 15) is 18.0 Å². The molecule has 7 heteroatoms. The minimum Gasteiger partial charge on any atom is -0.338 e. The highest BCUT2D eigenvalue weighted by molar-refractivity contribution is 6.03. The lowest BCUT2D eigenvalue weighted by atomic mass is 10.1. The molecule has 28 heavy (non-hydrogen) atoms. The molecule has 1 atom stereocenters. The van der Waals surface area contributed by atoms with Crippen LogP contribution in [0.25, 0.3) is 0 Å². The molecule has 0 saturated carbocycles. The predicted molar refractivity (Wildman–Crippen MR) is 100 cm³/mol. The Morgan fingerprint density at radius 1 is 1.11 bits per heavy atom.